The second-order valence-electron chi connectivity index (χ2n) is 11.1. The molecule has 2 fully saturated rings. The van der Waals surface area contributed by atoms with Gasteiger partial charge in [0.2, 0.25) is 5.91 Å². The van der Waals surface area contributed by atoms with E-state index in [9.17, 15) is 14.4 Å². The lowest BCUT2D eigenvalue weighted by atomic mass is 9.81. The highest BCUT2D eigenvalue weighted by Gasteiger charge is 2.33. The van der Waals surface area contributed by atoms with E-state index in [0.29, 0.717) is 31.7 Å². The minimum absolute atomic E-state index is 0.00644. The molecule has 2 aromatic rings. The molecule has 1 aromatic carbocycles. The summed E-state index contributed by atoms with van der Waals surface area (Å²) in [7, 11) is 1.42. The van der Waals surface area contributed by atoms with E-state index in [-0.39, 0.29) is 35.0 Å². The van der Waals surface area contributed by atoms with Gasteiger partial charge in [-0.25, -0.2) is 4.98 Å². The Morgan fingerprint density at radius 1 is 0.892 bits per heavy atom. The van der Waals surface area contributed by atoms with E-state index in [2.05, 4.69) is 36.0 Å². The molecule has 1 N–H and O–H groups in total. The van der Waals surface area contributed by atoms with Gasteiger partial charge in [0.15, 0.2) is 0 Å². The molecular formula is C29H38N4O4. The van der Waals surface area contributed by atoms with Gasteiger partial charge < -0.3 is 19.9 Å². The number of nitrogens with one attached hydrogen (secondary N) is 1. The molecule has 0 unspecified atom stereocenters. The van der Waals surface area contributed by atoms with Gasteiger partial charge in [-0.3, -0.25) is 14.4 Å². The lowest BCUT2D eigenvalue weighted by molar-refractivity contribution is -0.148. The number of carbonyl (C=O) groups is 3. The number of benzene rings is 1. The Morgan fingerprint density at radius 3 is 2.05 bits per heavy atom. The zero-order chi connectivity index (χ0) is 26.6. The lowest BCUT2D eigenvalue weighted by Crippen LogP contribution is -2.51. The first-order chi connectivity index (χ1) is 17.7. The molecule has 8 heteroatoms. The summed E-state index contributed by atoms with van der Waals surface area (Å²) in [6.45, 7) is 9.15. The Balaban J connectivity index is 1.26. The molecule has 2 heterocycles. The van der Waals surface area contributed by atoms with Crippen LogP contribution in [-0.2, 0) is 19.7 Å². The topological polar surface area (TPSA) is 91.8 Å². The van der Waals surface area contributed by atoms with Crippen LogP contribution in [0.25, 0.3) is 0 Å². The molecule has 8 nitrogen and oxygen atoms in total. The predicted molar refractivity (Wildman–Crippen MR) is 144 cm³/mol. The average molecular weight is 507 g/mol. The summed E-state index contributed by atoms with van der Waals surface area (Å²) >= 11 is 0. The van der Waals surface area contributed by atoms with E-state index in [1.807, 2.05) is 35.2 Å². The van der Waals surface area contributed by atoms with Crippen molar-refractivity contribution in [1.82, 2.24) is 9.88 Å². The van der Waals surface area contributed by atoms with Crippen LogP contribution in [0.4, 0.5) is 11.5 Å². The highest BCUT2D eigenvalue weighted by Crippen LogP contribution is 2.31. The molecule has 0 bridgehead atoms. The van der Waals surface area contributed by atoms with E-state index < -0.39 is 0 Å². The van der Waals surface area contributed by atoms with Crippen LogP contribution < -0.4 is 10.2 Å². The van der Waals surface area contributed by atoms with Gasteiger partial charge in [-0.1, -0.05) is 32.9 Å². The van der Waals surface area contributed by atoms with Crippen molar-refractivity contribution in [2.45, 2.75) is 51.9 Å². The van der Waals surface area contributed by atoms with Crippen molar-refractivity contribution in [1.29, 1.82) is 0 Å². The summed E-state index contributed by atoms with van der Waals surface area (Å²) in [5.74, 6) is 0.560. The number of aromatic nitrogens is 1. The second kappa shape index (κ2) is 11.3. The number of nitrogens with zero attached hydrogens (tertiary/aromatic N) is 3. The van der Waals surface area contributed by atoms with Crippen LogP contribution in [0.2, 0.25) is 0 Å². The number of amides is 2. The number of hydrogen-bond donors (Lipinski definition) is 1. The van der Waals surface area contributed by atoms with Crippen LogP contribution in [0.15, 0.2) is 42.6 Å². The fourth-order valence-corrected chi connectivity index (χ4v) is 5.12. The van der Waals surface area contributed by atoms with E-state index in [4.69, 9.17) is 4.74 Å². The number of hydrogen-bond acceptors (Lipinski definition) is 6. The maximum Gasteiger partial charge on any atom is 0.308 e. The molecule has 0 spiro atoms. The number of anilines is 2. The molecule has 1 saturated heterocycles. The first kappa shape index (κ1) is 26.6. The number of carbonyl (C=O) groups excluding carboxylic acids is 3. The van der Waals surface area contributed by atoms with Crippen LogP contribution in [0, 0.1) is 11.8 Å². The Morgan fingerprint density at radius 2 is 1.51 bits per heavy atom. The third-order valence-corrected chi connectivity index (χ3v) is 7.55. The van der Waals surface area contributed by atoms with Gasteiger partial charge in [-0.15, -0.1) is 0 Å². The van der Waals surface area contributed by atoms with Gasteiger partial charge in [0.1, 0.15) is 5.82 Å². The number of ether oxygens (including phenoxy) is 1. The summed E-state index contributed by atoms with van der Waals surface area (Å²) in [6, 6.07) is 11.6. The summed E-state index contributed by atoms with van der Waals surface area (Å²) < 4.78 is 4.85. The Hall–Kier alpha value is -3.42. The number of pyridine rings is 1. The average Bonchev–Trinajstić information content (AvgIpc) is 2.92. The van der Waals surface area contributed by atoms with Crippen molar-refractivity contribution in [2.24, 2.45) is 11.8 Å². The smallest absolute Gasteiger partial charge is 0.308 e. The van der Waals surface area contributed by atoms with Crippen molar-refractivity contribution in [3.05, 3.63) is 53.7 Å². The first-order valence-corrected chi connectivity index (χ1v) is 13.1. The van der Waals surface area contributed by atoms with Crippen molar-refractivity contribution < 1.29 is 19.1 Å². The molecule has 0 radical (unpaired) electrons. The van der Waals surface area contributed by atoms with Crippen LogP contribution >= 0.6 is 0 Å². The SMILES string of the molecule is COC(=O)C1CCC(C(=O)N2CCN(c3ccc(C(=O)Nc4ccc(C(C)(C)C)cc4)cn3)CC2)CC1. The van der Waals surface area contributed by atoms with Crippen molar-refractivity contribution >= 4 is 29.3 Å². The number of piperazine rings is 1. The number of methoxy groups -OCH3 is 1. The van der Waals surface area contributed by atoms with Gasteiger partial charge in [-0.2, -0.15) is 0 Å². The van der Waals surface area contributed by atoms with Crippen molar-refractivity contribution in [3.8, 4) is 0 Å². The van der Waals surface area contributed by atoms with Crippen LogP contribution in [-0.4, -0.2) is 61.0 Å². The zero-order valence-electron chi connectivity index (χ0n) is 22.3. The summed E-state index contributed by atoms with van der Waals surface area (Å²) in [5.41, 5.74) is 2.53. The molecule has 0 atom stereocenters. The fraction of sp³-hybridized carbons (Fsp3) is 0.517. The van der Waals surface area contributed by atoms with Gasteiger partial charge in [0.05, 0.1) is 18.6 Å². The molecule has 1 aliphatic heterocycles. The maximum atomic E-state index is 13.0. The van der Waals surface area contributed by atoms with E-state index in [0.717, 1.165) is 37.2 Å². The molecule has 2 aliphatic rings. The molecule has 37 heavy (non-hydrogen) atoms. The minimum Gasteiger partial charge on any atom is -0.469 e. The van der Waals surface area contributed by atoms with Crippen LogP contribution in [0.3, 0.4) is 0 Å². The normalized spacial score (nSPS) is 20.3. The highest BCUT2D eigenvalue weighted by molar-refractivity contribution is 6.04. The highest BCUT2D eigenvalue weighted by atomic mass is 16.5. The Labute approximate surface area is 219 Å². The molecule has 1 aromatic heterocycles. The molecule has 2 amide bonds. The summed E-state index contributed by atoms with van der Waals surface area (Å²) in [4.78, 5) is 46.1. The molecule has 198 valence electrons. The molecule has 1 aliphatic carbocycles. The monoisotopic (exact) mass is 506 g/mol. The van der Waals surface area contributed by atoms with E-state index >= 15 is 0 Å². The van der Waals surface area contributed by atoms with Crippen LogP contribution in [0.5, 0.6) is 0 Å². The predicted octanol–water partition coefficient (Wildman–Crippen LogP) is 4.26. The van der Waals surface area contributed by atoms with Crippen molar-refractivity contribution in [2.75, 3.05) is 43.5 Å². The summed E-state index contributed by atoms with van der Waals surface area (Å²) in [5, 5.41) is 2.94. The third-order valence-electron chi connectivity index (χ3n) is 7.55. The lowest BCUT2D eigenvalue weighted by Gasteiger charge is -2.38. The third kappa shape index (κ3) is 6.48. The van der Waals surface area contributed by atoms with E-state index in [1.54, 1.807) is 12.3 Å². The van der Waals surface area contributed by atoms with Crippen LogP contribution in [0.1, 0.15) is 62.4 Å². The zero-order valence-corrected chi connectivity index (χ0v) is 22.3. The minimum atomic E-state index is -0.195. The summed E-state index contributed by atoms with van der Waals surface area (Å²) in [6.07, 6.45) is 4.52. The quantitative estimate of drug-likeness (QED) is 0.610. The molecular weight excluding hydrogens is 468 g/mol. The molecule has 1 saturated carbocycles. The standard InChI is InChI=1S/C29H38N4O4/c1-29(2,3)23-10-12-24(13-11-23)31-26(34)22-9-14-25(30-19-22)32-15-17-33(18-16-32)27(35)20-5-7-21(8-6-20)28(36)37-4/h9-14,19-21H,5-8,15-18H2,1-4H3,(H,31,34). The van der Waals surface area contributed by atoms with Crippen molar-refractivity contribution in [3.63, 3.8) is 0 Å². The largest absolute Gasteiger partial charge is 0.469 e. The number of rotatable bonds is 5. The van der Waals surface area contributed by atoms with Gasteiger partial charge in [0, 0.05) is 44.0 Å². The maximum absolute atomic E-state index is 13.0. The van der Waals surface area contributed by atoms with Gasteiger partial charge >= 0.3 is 5.97 Å². The van der Waals surface area contributed by atoms with Gasteiger partial charge in [-0.05, 0) is 60.9 Å². The number of esters is 1. The fourth-order valence-electron chi connectivity index (χ4n) is 5.12. The Kier molecular flexibility index (Phi) is 8.15. The Bertz CT molecular complexity index is 1090. The first-order valence-electron chi connectivity index (χ1n) is 13.1. The second-order valence-corrected chi connectivity index (χ2v) is 11.1. The van der Waals surface area contributed by atoms with Gasteiger partial charge in [0.25, 0.3) is 5.91 Å². The molecule has 4 rings (SSSR count). The van der Waals surface area contributed by atoms with E-state index in [1.165, 1.54) is 12.7 Å².